The number of ketones is 1. The molecule has 184 valence electrons. The zero-order chi connectivity index (χ0) is 24.9. The van der Waals surface area contributed by atoms with Gasteiger partial charge in [-0.3, -0.25) is 9.59 Å². The number of methoxy groups -OCH3 is 1. The van der Waals surface area contributed by atoms with Crippen LogP contribution in [-0.2, 0) is 9.59 Å². The number of rotatable bonds is 9. The first-order chi connectivity index (χ1) is 16.9. The van der Waals surface area contributed by atoms with Crippen LogP contribution in [0.25, 0.3) is 5.76 Å². The second-order valence-electron chi connectivity index (χ2n) is 8.55. The van der Waals surface area contributed by atoms with Gasteiger partial charge in [0.05, 0.1) is 24.3 Å². The van der Waals surface area contributed by atoms with Crippen LogP contribution in [0, 0.1) is 5.82 Å². The Kier molecular flexibility index (Phi) is 7.51. The van der Waals surface area contributed by atoms with Crippen LogP contribution in [-0.4, -0.2) is 66.5 Å². The van der Waals surface area contributed by atoms with E-state index >= 15 is 0 Å². The normalized spacial score (nSPS) is 19.8. The second kappa shape index (κ2) is 10.7. The highest BCUT2D eigenvalue weighted by molar-refractivity contribution is 6.46. The van der Waals surface area contributed by atoms with E-state index in [1.165, 1.54) is 24.1 Å². The molecule has 7 nitrogen and oxygen atoms in total. The molecule has 0 radical (unpaired) electrons. The fourth-order valence-corrected chi connectivity index (χ4v) is 4.62. The van der Waals surface area contributed by atoms with Gasteiger partial charge >= 0.3 is 0 Å². The molecule has 2 aliphatic heterocycles. The zero-order valence-electron chi connectivity index (χ0n) is 19.7. The van der Waals surface area contributed by atoms with Gasteiger partial charge in [0, 0.05) is 13.1 Å². The number of aliphatic hydroxyl groups excluding tert-OH is 1. The van der Waals surface area contributed by atoms with Crippen LogP contribution < -0.4 is 9.47 Å². The van der Waals surface area contributed by atoms with Crippen molar-refractivity contribution in [3.8, 4) is 11.5 Å². The van der Waals surface area contributed by atoms with Gasteiger partial charge in [-0.25, -0.2) is 4.39 Å². The van der Waals surface area contributed by atoms with Crippen molar-refractivity contribution >= 4 is 17.4 Å². The SMILES string of the molecule is C=CCOc1ccc(C2/C(=C(\O)c3cc(F)ccc3OC)C(=O)C(=O)N2CCN2CCCC2)cc1. The van der Waals surface area contributed by atoms with Crippen molar-refractivity contribution in [3.05, 3.63) is 77.6 Å². The summed E-state index contributed by atoms with van der Waals surface area (Å²) in [7, 11) is 1.39. The molecule has 2 aliphatic rings. The maximum absolute atomic E-state index is 14.1. The van der Waals surface area contributed by atoms with Crippen LogP contribution in [0.15, 0.2) is 60.7 Å². The Morgan fingerprint density at radius 2 is 1.86 bits per heavy atom. The lowest BCUT2D eigenvalue weighted by Gasteiger charge is -2.27. The van der Waals surface area contributed by atoms with Gasteiger partial charge in [-0.2, -0.15) is 0 Å². The van der Waals surface area contributed by atoms with Gasteiger partial charge in [0.25, 0.3) is 11.7 Å². The number of Topliss-reactive ketones (excluding diaryl/α,β-unsaturated/α-hetero) is 1. The molecular formula is C27H29FN2O5. The molecule has 1 amide bonds. The lowest BCUT2D eigenvalue weighted by atomic mass is 9.95. The molecule has 8 heteroatoms. The van der Waals surface area contributed by atoms with Crippen LogP contribution in [0.4, 0.5) is 4.39 Å². The Hall–Kier alpha value is -3.65. The van der Waals surface area contributed by atoms with Crippen LogP contribution in [0.3, 0.4) is 0 Å². The number of likely N-dealkylation sites (tertiary alicyclic amines) is 2. The summed E-state index contributed by atoms with van der Waals surface area (Å²) in [4.78, 5) is 30.1. The molecule has 1 N–H and O–H groups in total. The topological polar surface area (TPSA) is 79.3 Å². The van der Waals surface area contributed by atoms with Gasteiger partial charge < -0.3 is 24.4 Å². The summed E-state index contributed by atoms with van der Waals surface area (Å²) >= 11 is 0. The minimum Gasteiger partial charge on any atom is -0.507 e. The van der Waals surface area contributed by atoms with Crippen molar-refractivity contribution in [2.75, 3.05) is 39.9 Å². The summed E-state index contributed by atoms with van der Waals surface area (Å²) in [5.41, 5.74) is 0.551. The third kappa shape index (κ3) is 5.07. The van der Waals surface area contributed by atoms with E-state index in [-0.39, 0.29) is 16.9 Å². The molecule has 2 saturated heterocycles. The molecule has 2 aromatic carbocycles. The quantitative estimate of drug-likeness (QED) is 0.254. The summed E-state index contributed by atoms with van der Waals surface area (Å²) in [6.45, 7) is 6.81. The fourth-order valence-electron chi connectivity index (χ4n) is 4.62. The monoisotopic (exact) mass is 480 g/mol. The molecule has 4 rings (SSSR count). The number of hydrogen-bond acceptors (Lipinski definition) is 6. The Balaban J connectivity index is 1.77. The highest BCUT2D eigenvalue weighted by Gasteiger charge is 2.46. The number of aliphatic hydroxyl groups is 1. The van der Waals surface area contributed by atoms with E-state index in [0.717, 1.165) is 32.0 Å². The maximum atomic E-state index is 14.1. The van der Waals surface area contributed by atoms with Gasteiger partial charge in [0.15, 0.2) is 0 Å². The maximum Gasteiger partial charge on any atom is 0.295 e. The van der Waals surface area contributed by atoms with Crippen molar-refractivity contribution in [1.82, 2.24) is 9.80 Å². The van der Waals surface area contributed by atoms with E-state index in [1.54, 1.807) is 30.3 Å². The van der Waals surface area contributed by atoms with Gasteiger partial charge in [0.1, 0.15) is 29.7 Å². The largest absolute Gasteiger partial charge is 0.507 e. The number of carbonyl (C=O) groups excluding carboxylic acids is 2. The lowest BCUT2D eigenvalue weighted by Crippen LogP contribution is -2.37. The minimum atomic E-state index is -0.834. The van der Waals surface area contributed by atoms with Crippen molar-refractivity contribution < 1.29 is 28.6 Å². The van der Waals surface area contributed by atoms with E-state index in [1.807, 2.05) is 0 Å². The molecule has 1 unspecified atom stereocenters. The van der Waals surface area contributed by atoms with Crippen LogP contribution >= 0.6 is 0 Å². The molecule has 2 fully saturated rings. The summed E-state index contributed by atoms with van der Waals surface area (Å²) in [6, 6.07) is 9.82. The van der Waals surface area contributed by atoms with E-state index in [0.29, 0.717) is 31.0 Å². The summed E-state index contributed by atoms with van der Waals surface area (Å²) < 4.78 is 24.9. The van der Waals surface area contributed by atoms with Crippen molar-refractivity contribution in [3.63, 3.8) is 0 Å². The number of ether oxygens (including phenoxy) is 2. The van der Waals surface area contributed by atoms with Crippen molar-refractivity contribution in [2.45, 2.75) is 18.9 Å². The van der Waals surface area contributed by atoms with Crippen LogP contribution in [0.2, 0.25) is 0 Å². The predicted octanol–water partition coefficient (Wildman–Crippen LogP) is 3.92. The molecule has 1 atom stereocenters. The molecule has 0 aliphatic carbocycles. The van der Waals surface area contributed by atoms with Gasteiger partial charge in [-0.1, -0.05) is 24.8 Å². The summed E-state index contributed by atoms with van der Waals surface area (Å²) in [5, 5.41) is 11.2. The smallest absolute Gasteiger partial charge is 0.295 e. The average Bonchev–Trinajstić information content (AvgIpc) is 3.48. The Morgan fingerprint density at radius 1 is 1.14 bits per heavy atom. The number of halogens is 1. The Labute approximate surface area is 204 Å². The van der Waals surface area contributed by atoms with E-state index in [9.17, 15) is 19.1 Å². The first kappa shape index (κ1) is 24.5. The summed E-state index contributed by atoms with van der Waals surface area (Å²) in [6.07, 6.45) is 3.84. The summed E-state index contributed by atoms with van der Waals surface area (Å²) in [5.74, 6) is -1.78. The molecule has 35 heavy (non-hydrogen) atoms. The third-order valence-corrected chi connectivity index (χ3v) is 6.38. The standard InChI is InChI=1S/C27H29FN2O5/c1-3-16-35-20-9-6-18(7-10-20)24-23(25(31)21-17-19(28)8-11-22(21)34-2)26(32)27(33)30(24)15-14-29-12-4-5-13-29/h3,6-11,17,24,31H,1,4-5,12-16H2,2H3/b25-23+. The molecule has 2 heterocycles. The highest BCUT2D eigenvalue weighted by Crippen LogP contribution is 2.41. The lowest BCUT2D eigenvalue weighted by molar-refractivity contribution is -0.140. The van der Waals surface area contributed by atoms with Crippen molar-refractivity contribution in [2.24, 2.45) is 0 Å². The van der Waals surface area contributed by atoms with Crippen molar-refractivity contribution in [1.29, 1.82) is 0 Å². The molecule has 0 saturated carbocycles. The van der Waals surface area contributed by atoms with Gasteiger partial charge in [-0.15, -0.1) is 0 Å². The predicted molar refractivity (Wildman–Crippen MR) is 130 cm³/mol. The van der Waals surface area contributed by atoms with E-state index in [2.05, 4.69) is 11.5 Å². The molecule has 0 spiro atoms. The van der Waals surface area contributed by atoms with E-state index in [4.69, 9.17) is 9.47 Å². The second-order valence-corrected chi connectivity index (χ2v) is 8.55. The molecular weight excluding hydrogens is 451 g/mol. The number of hydrogen-bond donors (Lipinski definition) is 1. The highest BCUT2D eigenvalue weighted by atomic mass is 19.1. The Morgan fingerprint density at radius 3 is 2.51 bits per heavy atom. The van der Waals surface area contributed by atoms with Gasteiger partial charge in [0.2, 0.25) is 0 Å². The average molecular weight is 481 g/mol. The van der Waals surface area contributed by atoms with E-state index < -0.39 is 29.3 Å². The number of amides is 1. The zero-order valence-corrected chi connectivity index (χ0v) is 19.7. The first-order valence-electron chi connectivity index (χ1n) is 11.6. The Bertz CT molecular complexity index is 1140. The van der Waals surface area contributed by atoms with Crippen LogP contribution in [0.1, 0.15) is 30.0 Å². The molecule has 2 aromatic rings. The van der Waals surface area contributed by atoms with Crippen LogP contribution in [0.5, 0.6) is 11.5 Å². The molecule has 0 aromatic heterocycles. The minimum absolute atomic E-state index is 0.0148. The number of nitrogens with zero attached hydrogens (tertiary/aromatic N) is 2. The molecule has 0 bridgehead atoms. The number of carbonyl (C=O) groups is 2. The first-order valence-corrected chi connectivity index (χ1v) is 11.6. The fraction of sp³-hybridized carbons (Fsp3) is 0.333. The number of benzene rings is 2. The third-order valence-electron chi connectivity index (χ3n) is 6.38. The van der Waals surface area contributed by atoms with Gasteiger partial charge in [-0.05, 0) is 61.8 Å².